The Morgan fingerprint density at radius 3 is 2.50 bits per heavy atom. The lowest BCUT2D eigenvalue weighted by Gasteiger charge is -2.10. The number of methoxy groups -OCH3 is 1. The summed E-state index contributed by atoms with van der Waals surface area (Å²) in [6, 6.07) is 7.64. The van der Waals surface area contributed by atoms with Crippen molar-refractivity contribution in [2.75, 3.05) is 7.11 Å². The van der Waals surface area contributed by atoms with Crippen molar-refractivity contribution in [3.05, 3.63) is 29.8 Å². The molecule has 3 nitrogen and oxygen atoms in total. The maximum Gasteiger partial charge on any atom is 0.148 e. The van der Waals surface area contributed by atoms with Gasteiger partial charge in [-0.05, 0) is 24.1 Å². The summed E-state index contributed by atoms with van der Waals surface area (Å²) in [5.41, 5.74) is 1.05. The van der Waals surface area contributed by atoms with Crippen LogP contribution >= 0.6 is 0 Å². The summed E-state index contributed by atoms with van der Waals surface area (Å²) in [7, 11) is 1.63. The van der Waals surface area contributed by atoms with Crippen LogP contribution in [-0.4, -0.2) is 19.5 Å². The molecule has 1 rings (SSSR count). The highest BCUT2D eigenvalue weighted by molar-refractivity contribution is 5.55. The number of carbonyl (C=O) groups excluding carboxylic acids is 1. The van der Waals surface area contributed by atoms with Gasteiger partial charge in [0, 0.05) is 0 Å². The predicted octanol–water partition coefficient (Wildman–Crippen LogP) is 2.58. The van der Waals surface area contributed by atoms with Gasteiger partial charge in [-0.3, -0.25) is 0 Å². The number of hydrogen-bond donors (Lipinski definition) is 0. The third-order valence-electron chi connectivity index (χ3n) is 2.35. The van der Waals surface area contributed by atoms with Crippen molar-refractivity contribution >= 4 is 6.29 Å². The molecule has 0 bridgehead atoms. The molecule has 1 unspecified atom stereocenters. The number of benzene rings is 1. The molecular formula is C13H18O3. The lowest BCUT2D eigenvalue weighted by molar-refractivity contribution is -0.119. The molecule has 0 N–H and O–H groups in total. The first-order chi connectivity index (χ1) is 7.80. The topological polar surface area (TPSA) is 35.5 Å². The Balaban J connectivity index is 2.43. The fourth-order valence-corrected chi connectivity index (χ4v) is 1.40. The molecule has 0 saturated heterocycles. The molecule has 0 aliphatic heterocycles. The SMILES string of the molecule is CCCC(C=O)OCc1ccc(OC)cc1. The largest absolute Gasteiger partial charge is 0.497 e. The monoisotopic (exact) mass is 222 g/mol. The number of hydrogen-bond acceptors (Lipinski definition) is 3. The molecule has 88 valence electrons. The summed E-state index contributed by atoms with van der Waals surface area (Å²) >= 11 is 0. The van der Waals surface area contributed by atoms with Crippen molar-refractivity contribution in [3.8, 4) is 5.75 Å². The Kier molecular flexibility index (Phi) is 5.57. The Morgan fingerprint density at radius 2 is 2.00 bits per heavy atom. The van der Waals surface area contributed by atoms with E-state index in [9.17, 15) is 4.79 Å². The highest BCUT2D eigenvalue weighted by atomic mass is 16.5. The van der Waals surface area contributed by atoms with E-state index in [2.05, 4.69) is 0 Å². The van der Waals surface area contributed by atoms with Crippen molar-refractivity contribution in [1.82, 2.24) is 0 Å². The van der Waals surface area contributed by atoms with Crippen LogP contribution in [0.4, 0.5) is 0 Å². The first-order valence-corrected chi connectivity index (χ1v) is 5.50. The van der Waals surface area contributed by atoms with Crippen LogP contribution in [0, 0.1) is 0 Å². The minimum atomic E-state index is -0.285. The normalized spacial score (nSPS) is 12.1. The van der Waals surface area contributed by atoms with E-state index in [-0.39, 0.29) is 6.10 Å². The third kappa shape index (κ3) is 4.03. The van der Waals surface area contributed by atoms with Crippen LogP contribution in [0.2, 0.25) is 0 Å². The molecule has 0 spiro atoms. The third-order valence-corrected chi connectivity index (χ3v) is 2.35. The number of aldehydes is 1. The summed E-state index contributed by atoms with van der Waals surface area (Å²) in [6.45, 7) is 2.50. The van der Waals surface area contributed by atoms with Gasteiger partial charge in [-0.1, -0.05) is 25.5 Å². The summed E-state index contributed by atoms with van der Waals surface area (Å²) < 4.78 is 10.5. The van der Waals surface area contributed by atoms with Gasteiger partial charge in [0.1, 0.15) is 18.1 Å². The fraction of sp³-hybridized carbons (Fsp3) is 0.462. The molecule has 0 amide bonds. The van der Waals surface area contributed by atoms with Crippen LogP contribution in [-0.2, 0) is 16.1 Å². The summed E-state index contributed by atoms with van der Waals surface area (Å²) in [6.07, 6.45) is 2.31. The number of carbonyl (C=O) groups is 1. The van der Waals surface area contributed by atoms with Gasteiger partial charge in [-0.2, -0.15) is 0 Å². The molecule has 0 aliphatic rings. The number of rotatable bonds is 7. The van der Waals surface area contributed by atoms with Crippen molar-refractivity contribution in [2.24, 2.45) is 0 Å². The first-order valence-electron chi connectivity index (χ1n) is 5.50. The highest BCUT2D eigenvalue weighted by Crippen LogP contribution is 2.13. The molecule has 1 atom stereocenters. The molecule has 0 radical (unpaired) electrons. The maximum absolute atomic E-state index is 10.7. The molecule has 0 heterocycles. The van der Waals surface area contributed by atoms with Crippen LogP contribution in [0.5, 0.6) is 5.75 Å². The molecular weight excluding hydrogens is 204 g/mol. The number of ether oxygens (including phenoxy) is 2. The van der Waals surface area contributed by atoms with E-state index >= 15 is 0 Å². The summed E-state index contributed by atoms with van der Waals surface area (Å²) in [5.74, 6) is 0.823. The van der Waals surface area contributed by atoms with Crippen molar-refractivity contribution in [2.45, 2.75) is 32.5 Å². The average Bonchev–Trinajstić information content (AvgIpc) is 2.35. The Morgan fingerprint density at radius 1 is 1.31 bits per heavy atom. The smallest absolute Gasteiger partial charge is 0.148 e. The molecule has 0 fully saturated rings. The van der Waals surface area contributed by atoms with Crippen molar-refractivity contribution in [3.63, 3.8) is 0 Å². The molecule has 1 aromatic rings. The molecule has 3 heteroatoms. The summed E-state index contributed by atoms with van der Waals surface area (Å²) in [5, 5.41) is 0. The molecule has 0 aliphatic carbocycles. The molecule has 0 aromatic heterocycles. The van der Waals surface area contributed by atoms with E-state index in [1.807, 2.05) is 31.2 Å². The maximum atomic E-state index is 10.7. The van der Waals surface area contributed by atoms with E-state index in [0.29, 0.717) is 6.61 Å². The molecule has 1 aromatic carbocycles. The van der Waals surface area contributed by atoms with Gasteiger partial charge in [-0.25, -0.2) is 0 Å². The van der Waals surface area contributed by atoms with E-state index in [1.54, 1.807) is 7.11 Å². The molecule has 16 heavy (non-hydrogen) atoms. The Labute approximate surface area is 96.4 Å². The van der Waals surface area contributed by atoms with E-state index in [4.69, 9.17) is 9.47 Å². The highest BCUT2D eigenvalue weighted by Gasteiger charge is 2.06. The fourth-order valence-electron chi connectivity index (χ4n) is 1.40. The zero-order valence-corrected chi connectivity index (χ0v) is 9.81. The van der Waals surface area contributed by atoms with E-state index in [1.165, 1.54) is 0 Å². The average molecular weight is 222 g/mol. The standard InChI is InChI=1S/C13H18O3/c1-3-4-13(9-14)16-10-11-5-7-12(15-2)8-6-11/h5-9,13H,3-4,10H2,1-2H3. The lowest BCUT2D eigenvalue weighted by Crippen LogP contribution is -2.13. The van der Waals surface area contributed by atoms with Crippen LogP contribution < -0.4 is 4.74 Å². The zero-order valence-electron chi connectivity index (χ0n) is 9.81. The quantitative estimate of drug-likeness (QED) is 0.665. The van der Waals surface area contributed by atoms with Gasteiger partial charge < -0.3 is 14.3 Å². The van der Waals surface area contributed by atoms with Gasteiger partial charge >= 0.3 is 0 Å². The van der Waals surface area contributed by atoms with Gasteiger partial charge in [0.05, 0.1) is 13.7 Å². The molecule has 0 saturated carbocycles. The van der Waals surface area contributed by atoms with Crippen LogP contribution in [0.25, 0.3) is 0 Å². The minimum absolute atomic E-state index is 0.285. The Bertz CT molecular complexity index is 305. The Hall–Kier alpha value is -1.35. The van der Waals surface area contributed by atoms with Crippen molar-refractivity contribution < 1.29 is 14.3 Å². The minimum Gasteiger partial charge on any atom is -0.497 e. The van der Waals surface area contributed by atoms with Crippen LogP contribution in [0.3, 0.4) is 0 Å². The van der Waals surface area contributed by atoms with Crippen LogP contribution in [0.1, 0.15) is 25.3 Å². The lowest BCUT2D eigenvalue weighted by atomic mass is 10.2. The summed E-state index contributed by atoms with van der Waals surface area (Å²) in [4.78, 5) is 10.7. The zero-order chi connectivity index (χ0) is 11.8. The van der Waals surface area contributed by atoms with Gasteiger partial charge in [-0.15, -0.1) is 0 Å². The second-order valence-electron chi connectivity index (χ2n) is 3.62. The van der Waals surface area contributed by atoms with Crippen molar-refractivity contribution in [1.29, 1.82) is 0 Å². The van der Waals surface area contributed by atoms with Gasteiger partial charge in [0.15, 0.2) is 0 Å². The van der Waals surface area contributed by atoms with Gasteiger partial charge in [0.2, 0.25) is 0 Å². The van der Waals surface area contributed by atoms with E-state index in [0.717, 1.165) is 30.4 Å². The predicted molar refractivity (Wildman–Crippen MR) is 62.5 cm³/mol. The van der Waals surface area contributed by atoms with Gasteiger partial charge in [0.25, 0.3) is 0 Å². The first kappa shape index (κ1) is 12.7. The van der Waals surface area contributed by atoms with E-state index < -0.39 is 0 Å². The second-order valence-corrected chi connectivity index (χ2v) is 3.62. The second kappa shape index (κ2) is 7.01. The van der Waals surface area contributed by atoms with Crippen LogP contribution in [0.15, 0.2) is 24.3 Å².